The Balaban J connectivity index is 1.65. The van der Waals surface area contributed by atoms with Crippen LogP contribution in [0.25, 0.3) is 0 Å². The summed E-state index contributed by atoms with van der Waals surface area (Å²) in [5.41, 5.74) is 3.64. The zero-order valence-corrected chi connectivity index (χ0v) is 17.1. The second-order valence-corrected chi connectivity index (χ2v) is 8.01. The number of Topliss-reactive ketones (excluding diaryl/α,β-unsaturated/α-hetero) is 1. The third kappa shape index (κ3) is 4.61. The molecule has 1 heterocycles. The maximum atomic E-state index is 12.6. The van der Waals surface area contributed by atoms with Gasteiger partial charge in [-0.15, -0.1) is 0 Å². The normalized spacial score (nSPS) is 14.5. The second kappa shape index (κ2) is 8.74. The number of aromatic nitrogens is 2. The summed E-state index contributed by atoms with van der Waals surface area (Å²) in [6, 6.07) is 7.62. The summed E-state index contributed by atoms with van der Waals surface area (Å²) in [6.07, 6.45) is 5.37. The van der Waals surface area contributed by atoms with Gasteiger partial charge >= 0.3 is 0 Å². The van der Waals surface area contributed by atoms with Crippen molar-refractivity contribution in [2.24, 2.45) is 0 Å². The van der Waals surface area contributed by atoms with Gasteiger partial charge in [-0.2, -0.15) is 0 Å². The Morgan fingerprint density at radius 2 is 1.85 bits per heavy atom. The van der Waals surface area contributed by atoms with Crippen molar-refractivity contribution in [3.63, 3.8) is 0 Å². The van der Waals surface area contributed by atoms with Gasteiger partial charge in [0.25, 0.3) is 0 Å². The zero-order valence-electron chi connectivity index (χ0n) is 16.2. The minimum Gasteiger partial charge on any atom is -0.326 e. The van der Waals surface area contributed by atoms with Gasteiger partial charge in [-0.1, -0.05) is 31.5 Å². The molecule has 3 rings (SSSR count). The Bertz CT molecular complexity index is 821. The molecule has 1 amide bonds. The fourth-order valence-corrected chi connectivity index (χ4v) is 4.55. The summed E-state index contributed by atoms with van der Waals surface area (Å²) in [4.78, 5) is 28.7. The standard InChI is InChI=1S/C21H27N3O2S/c1-4-20(26)23-17-11-9-16(10-12-17)19(25)13-27-21-22-14(2)15(3)24(21)18-7-5-6-8-18/h9-12,18H,4-8,13H2,1-3H3,(H,23,26). The van der Waals surface area contributed by atoms with Crippen molar-refractivity contribution in [3.05, 3.63) is 41.2 Å². The number of nitrogens with zero attached hydrogens (tertiary/aromatic N) is 2. The topological polar surface area (TPSA) is 64.0 Å². The van der Waals surface area contributed by atoms with E-state index < -0.39 is 0 Å². The van der Waals surface area contributed by atoms with Gasteiger partial charge in [-0.3, -0.25) is 9.59 Å². The van der Waals surface area contributed by atoms with Crippen LogP contribution in [0.2, 0.25) is 0 Å². The third-order valence-electron chi connectivity index (χ3n) is 5.19. The van der Waals surface area contributed by atoms with E-state index in [2.05, 4.69) is 16.8 Å². The molecule has 144 valence electrons. The minimum atomic E-state index is -0.0332. The highest BCUT2D eigenvalue weighted by atomic mass is 32.2. The fraction of sp³-hybridized carbons (Fsp3) is 0.476. The lowest BCUT2D eigenvalue weighted by Crippen LogP contribution is -2.11. The van der Waals surface area contributed by atoms with Crippen molar-refractivity contribution < 1.29 is 9.59 Å². The van der Waals surface area contributed by atoms with Gasteiger partial charge in [-0.05, 0) is 51.0 Å². The van der Waals surface area contributed by atoms with Crippen LogP contribution in [0.3, 0.4) is 0 Å². The number of hydrogen-bond acceptors (Lipinski definition) is 4. The predicted molar refractivity (Wildman–Crippen MR) is 110 cm³/mol. The highest BCUT2D eigenvalue weighted by molar-refractivity contribution is 7.99. The first-order valence-electron chi connectivity index (χ1n) is 9.61. The molecule has 0 unspecified atom stereocenters. The van der Waals surface area contributed by atoms with Gasteiger partial charge in [0.15, 0.2) is 10.9 Å². The number of benzene rings is 1. The average Bonchev–Trinajstić information content (AvgIpc) is 3.28. The largest absolute Gasteiger partial charge is 0.326 e. The van der Waals surface area contributed by atoms with Crippen LogP contribution in [-0.4, -0.2) is 27.0 Å². The summed E-state index contributed by atoms with van der Waals surface area (Å²) >= 11 is 1.52. The lowest BCUT2D eigenvalue weighted by Gasteiger charge is -2.16. The van der Waals surface area contributed by atoms with Gasteiger partial charge in [0, 0.05) is 29.4 Å². The van der Waals surface area contributed by atoms with Gasteiger partial charge in [0.2, 0.25) is 5.91 Å². The summed E-state index contributed by atoms with van der Waals surface area (Å²) in [7, 11) is 0. The van der Waals surface area contributed by atoms with E-state index in [1.807, 2.05) is 13.8 Å². The first-order chi connectivity index (χ1) is 13.0. The summed E-state index contributed by atoms with van der Waals surface area (Å²) < 4.78 is 2.34. The molecule has 27 heavy (non-hydrogen) atoms. The van der Waals surface area contributed by atoms with Crippen LogP contribution in [0.1, 0.15) is 66.8 Å². The van der Waals surface area contributed by atoms with Crippen molar-refractivity contribution in [1.82, 2.24) is 9.55 Å². The quantitative estimate of drug-likeness (QED) is 0.542. The van der Waals surface area contributed by atoms with Crippen molar-refractivity contribution in [2.75, 3.05) is 11.1 Å². The van der Waals surface area contributed by atoms with Crippen LogP contribution in [0.15, 0.2) is 29.4 Å². The lowest BCUT2D eigenvalue weighted by molar-refractivity contribution is -0.115. The Hall–Kier alpha value is -2.08. The maximum Gasteiger partial charge on any atom is 0.224 e. The Morgan fingerprint density at radius 1 is 1.19 bits per heavy atom. The molecule has 6 heteroatoms. The number of carbonyl (C=O) groups is 2. The van der Waals surface area contributed by atoms with Crippen LogP contribution in [0, 0.1) is 13.8 Å². The van der Waals surface area contributed by atoms with E-state index in [4.69, 9.17) is 4.98 Å². The number of rotatable bonds is 7. The number of hydrogen-bond donors (Lipinski definition) is 1. The smallest absolute Gasteiger partial charge is 0.224 e. The molecule has 1 saturated carbocycles. The fourth-order valence-electron chi connectivity index (χ4n) is 3.49. The van der Waals surface area contributed by atoms with Crippen molar-refractivity contribution in [2.45, 2.75) is 64.1 Å². The Morgan fingerprint density at radius 3 is 2.48 bits per heavy atom. The summed E-state index contributed by atoms with van der Waals surface area (Å²) in [5.74, 6) is 0.405. The number of aryl methyl sites for hydroxylation is 1. The molecule has 1 aromatic heterocycles. The van der Waals surface area contributed by atoms with E-state index in [0.29, 0.717) is 29.5 Å². The van der Waals surface area contributed by atoms with Crippen LogP contribution < -0.4 is 5.32 Å². The second-order valence-electron chi connectivity index (χ2n) is 7.06. The molecular formula is C21H27N3O2S. The molecule has 1 fully saturated rings. The van der Waals surface area contributed by atoms with Crippen LogP contribution in [-0.2, 0) is 4.79 Å². The van der Waals surface area contributed by atoms with E-state index >= 15 is 0 Å². The number of nitrogens with one attached hydrogen (secondary N) is 1. The molecule has 2 aromatic rings. The predicted octanol–water partition coefficient (Wildman–Crippen LogP) is 4.94. The third-order valence-corrected chi connectivity index (χ3v) is 6.14. The molecule has 1 N–H and O–H groups in total. The van der Waals surface area contributed by atoms with Gasteiger partial charge in [0.05, 0.1) is 11.4 Å². The van der Waals surface area contributed by atoms with E-state index in [1.54, 1.807) is 24.3 Å². The van der Waals surface area contributed by atoms with Crippen molar-refractivity contribution in [1.29, 1.82) is 0 Å². The summed E-state index contributed by atoms with van der Waals surface area (Å²) in [6.45, 7) is 5.97. The molecule has 1 aliphatic rings. The van der Waals surface area contributed by atoms with Gasteiger partial charge < -0.3 is 9.88 Å². The SMILES string of the molecule is CCC(=O)Nc1ccc(C(=O)CSc2nc(C)c(C)n2C2CCCC2)cc1. The highest BCUT2D eigenvalue weighted by Crippen LogP contribution is 2.35. The van der Waals surface area contributed by atoms with Crippen molar-refractivity contribution >= 4 is 29.1 Å². The molecule has 1 aliphatic carbocycles. The van der Waals surface area contributed by atoms with Crippen LogP contribution in [0.4, 0.5) is 5.69 Å². The number of thioether (sulfide) groups is 1. The van der Waals surface area contributed by atoms with Crippen molar-refractivity contribution in [3.8, 4) is 0 Å². The molecule has 1 aromatic carbocycles. The number of ketones is 1. The molecule has 0 atom stereocenters. The van der Waals surface area contributed by atoms with Gasteiger partial charge in [0.1, 0.15) is 0 Å². The molecular weight excluding hydrogens is 358 g/mol. The highest BCUT2D eigenvalue weighted by Gasteiger charge is 2.23. The van der Waals surface area contributed by atoms with Crippen LogP contribution in [0.5, 0.6) is 0 Å². The molecule has 5 nitrogen and oxygen atoms in total. The Kier molecular flexibility index (Phi) is 6.37. The van der Waals surface area contributed by atoms with E-state index in [9.17, 15) is 9.59 Å². The first kappa shape index (κ1) is 19.7. The lowest BCUT2D eigenvalue weighted by atomic mass is 10.1. The summed E-state index contributed by atoms with van der Waals surface area (Å²) in [5, 5.41) is 3.75. The number of imidazole rings is 1. The minimum absolute atomic E-state index is 0.0332. The monoisotopic (exact) mass is 385 g/mol. The molecule has 0 saturated heterocycles. The number of anilines is 1. The zero-order chi connectivity index (χ0) is 19.4. The average molecular weight is 386 g/mol. The number of amides is 1. The van der Waals surface area contributed by atoms with E-state index in [0.717, 1.165) is 10.9 Å². The van der Waals surface area contributed by atoms with Crippen LogP contribution >= 0.6 is 11.8 Å². The molecule has 0 radical (unpaired) electrons. The number of carbonyl (C=O) groups excluding carboxylic acids is 2. The van der Waals surface area contributed by atoms with Gasteiger partial charge in [-0.25, -0.2) is 4.98 Å². The Labute approximate surface area is 164 Å². The molecule has 0 spiro atoms. The first-order valence-corrected chi connectivity index (χ1v) is 10.6. The maximum absolute atomic E-state index is 12.6. The molecule has 0 aliphatic heterocycles. The van der Waals surface area contributed by atoms with E-state index in [1.165, 1.54) is 43.1 Å². The van der Waals surface area contributed by atoms with E-state index in [-0.39, 0.29) is 11.7 Å². The molecule has 0 bridgehead atoms.